The third-order valence-corrected chi connectivity index (χ3v) is 3.63. The zero-order valence-electron chi connectivity index (χ0n) is 9.20. The second-order valence-corrected chi connectivity index (χ2v) is 4.64. The third kappa shape index (κ3) is 3.32. The van der Waals surface area contributed by atoms with E-state index >= 15 is 0 Å². The molecular formula is C10H17IN2O2. The van der Waals surface area contributed by atoms with E-state index in [0.29, 0.717) is 10.5 Å². The first-order chi connectivity index (χ1) is 7.06. The maximum Gasteiger partial charge on any atom is 0.232 e. The van der Waals surface area contributed by atoms with Gasteiger partial charge in [-0.05, 0) is 12.8 Å². The van der Waals surface area contributed by atoms with E-state index in [4.69, 9.17) is 0 Å². The fourth-order valence-corrected chi connectivity index (χ4v) is 2.33. The standard InChI is InChI=1S/C10H17IN2O2/c1-8(14)12(2)9-3-5-13(6-4-9)10(15)7-11/h9H,3-7H2,1-2H3. The lowest BCUT2D eigenvalue weighted by Crippen LogP contribution is -2.47. The molecule has 0 aromatic carbocycles. The lowest BCUT2D eigenvalue weighted by molar-refractivity contribution is -0.132. The summed E-state index contributed by atoms with van der Waals surface area (Å²) >= 11 is 2.09. The average molecular weight is 324 g/mol. The van der Waals surface area contributed by atoms with Gasteiger partial charge >= 0.3 is 0 Å². The highest BCUT2D eigenvalue weighted by Gasteiger charge is 2.25. The fraction of sp³-hybridized carbons (Fsp3) is 0.800. The molecule has 0 atom stereocenters. The first-order valence-corrected chi connectivity index (χ1v) is 6.66. The Bertz CT molecular complexity index is 250. The summed E-state index contributed by atoms with van der Waals surface area (Å²) in [5, 5.41) is 0. The van der Waals surface area contributed by atoms with Crippen molar-refractivity contribution in [2.24, 2.45) is 0 Å². The van der Waals surface area contributed by atoms with E-state index < -0.39 is 0 Å². The van der Waals surface area contributed by atoms with Crippen LogP contribution in [0.25, 0.3) is 0 Å². The first-order valence-electron chi connectivity index (χ1n) is 5.13. The number of hydrogen-bond donors (Lipinski definition) is 0. The number of amides is 2. The molecule has 1 aliphatic heterocycles. The molecule has 0 N–H and O–H groups in total. The summed E-state index contributed by atoms with van der Waals surface area (Å²) in [7, 11) is 1.84. The van der Waals surface area contributed by atoms with Gasteiger partial charge in [0.05, 0.1) is 4.43 Å². The molecule has 1 saturated heterocycles. The number of rotatable bonds is 2. The molecule has 0 aromatic rings. The lowest BCUT2D eigenvalue weighted by Gasteiger charge is -2.36. The predicted octanol–water partition coefficient (Wildman–Crippen LogP) is 0.891. The molecule has 86 valence electrons. The van der Waals surface area contributed by atoms with E-state index in [9.17, 15) is 9.59 Å². The highest BCUT2D eigenvalue weighted by molar-refractivity contribution is 14.1. The third-order valence-electron chi connectivity index (χ3n) is 2.98. The smallest absolute Gasteiger partial charge is 0.232 e. The highest BCUT2D eigenvalue weighted by atomic mass is 127. The summed E-state index contributed by atoms with van der Waals surface area (Å²) in [6, 6.07) is 0.306. The predicted molar refractivity (Wildman–Crippen MR) is 66.9 cm³/mol. The normalized spacial score (nSPS) is 17.7. The van der Waals surface area contributed by atoms with Gasteiger partial charge in [-0.3, -0.25) is 9.59 Å². The largest absolute Gasteiger partial charge is 0.343 e. The molecule has 15 heavy (non-hydrogen) atoms. The Morgan fingerprint density at radius 3 is 2.33 bits per heavy atom. The average Bonchev–Trinajstić information content (AvgIpc) is 2.27. The van der Waals surface area contributed by atoms with Crippen molar-refractivity contribution in [2.45, 2.75) is 25.8 Å². The van der Waals surface area contributed by atoms with E-state index in [0.717, 1.165) is 25.9 Å². The Labute approximate surface area is 104 Å². The van der Waals surface area contributed by atoms with Crippen molar-refractivity contribution in [3.8, 4) is 0 Å². The number of hydrogen-bond acceptors (Lipinski definition) is 2. The van der Waals surface area contributed by atoms with Gasteiger partial charge in [-0.1, -0.05) is 22.6 Å². The van der Waals surface area contributed by atoms with Crippen molar-refractivity contribution in [1.29, 1.82) is 0 Å². The van der Waals surface area contributed by atoms with Gasteiger partial charge in [0, 0.05) is 33.1 Å². The molecule has 0 aromatic heterocycles. The van der Waals surface area contributed by atoms with Crippen molar-refractivity contribution < 1.29 is 9.59 Å². The zero-order valence-corrected chi connectivity index (χ0v) is 11.4. The minimum atomic E-state index is 0.105. The Balaban J connectivity index is 2.42. The van der Waals surface area contributed by atoms with E-state index in [-0.39, 0.29) is 11.8 Å². The molecule has 5 heteroatoms. The second-order valence-electron chi connectivity index (χ2n) is 3.88. The number of piperidine rings is 1. The summed E-state index contributed by atoms with van der Waals surface area (Å²) in [5.41, 5.74) is 0. The molecule has 0 bridgehead atoms. The molecule has 4 nitrogen and oxygen atoms in total. The zero-order chi connectivity index (χ0) is 11.4. The van der Waals surface area contributed by atoms with E-state index in [2.05, 4.69) is 22.6 Å². The molecule has 1 rings (SSSR count). The Morgan fingerprint density at radius 2 is 1.93 bits per heavy atom. The van der Waals surface area contributed by atoms with Crippen LogP contribution in [-0.2, 0) is 9.59 Å². The summed E-state index contributed by atoms with van der Waals surface area (Å²) in [6.07, 6.45) is 1.80. The maximum absolute atomic E-state index is 11.4. The SMILES string of the molecule is CC(=O)N(C)C1CCN(C(=O)CI)CC1. The molecular weight excluding hydrogens is 307 g/mol. The number of carbonyl (C=O) groups excluding carboxylic acids is 2. The second kappa shape index (κ2) is 5.67. The van der Waals surface area contributed by atoms with Crippen molar-refractivity contribution in [3.05, 3.63) is 0 Å². The molecule has 1 heterocycles. The fourth-order valence-electron chi connectivity index (χ4n) is 1.84. The van der Waals surface area contributed by atoms with Gasteiger partial charge in [-0.2, -0.15) is 0 Å². The van der Waals surface area contributed by atoms with Crippen molar-refractivity contribution in [2.75, 3.05) is 24.6 Å². The molecule has 0 unspecified atom stereocenters. The van der Waals surface area contributed by atoms with Crippen LogP contribution >= 0.6 is 22.6 Å². The molecule has 0 saturated carbocycles. The minimum absolute atomic E-state index is 0.105. The van der Waals surface area contributed by atoms with Gasteiger partial charge in [0.2, 0.25) is 11.8 Å². The topological polar surface area (TPSA) is 40.6 Å². The lowest BCUT2D eigenvalue weighted by atomic mass is 10.0. The molecule has 2 amide bonds. The van der Waals surface area contributed by atoms with Crippen LogP contribution in [0.1, 0.15) is 19.8 Å². The summed E-state index contributed by atoms with van der Waals surface area (Å²) in [6.45, 7) is 3.15. The van der Waals surface area contributed by atoms with Gasteiger partial charge < -0.3 is 9.80 Å². The first kappa shape index (κ1) is 12.7. The highest BCUT2D eigenvalue weighted by Crippen LogP contribution is 2.15. The van der Waals surface area contributed by atoms with Gasteiger partial charge in [0.1, 0.15) is 0 Å². The van der Waals surface area contributed by atoms with Gasteiger partial charge in [0.25, 0.3) is 0 Å². The number of halogens is 1. The van der Waals surface area contributed by atoms with Crippen LogP contribution in [0.4, 0.5) is 0 Å². The quantitative estimate of drug-likeness (QED) is 0.559. The molecule has 1 fully saturated rings. The van der Waals surface area contributed by atoms with Crippen molar-refractivity contribution in [3.63, 3.8) is 0 Å². The molecule has 0 radical (unpaired) electrons. The Hall–Kier alpha value is -0.330. The van der Waals surface area contributed by atoms with Crippen LogP contribution in [-0.4, -0.2) is 52.2 Å². The van der Waals surface area contributed by atoms with Crippen LogP contribution < -0.4 is 0 Å². The molecule has 1 aliphatic rings. The van der Waals surface area contributed by atoms with Crippen LogP contribution in [0.3, 0.4) is 0 Å². The van der Waals surface area contributed by atoms with Gasteiger partial charge in [-0.25, -0.2) is 0 Å². The van der Waals surface area contributed by atoms with Crippen molar-refractivity contribution in [1.82, 2.24) is 9.80 Å². The van der Waals surface area contributed by atoms with E-state index in [1.54, 1.807) is 11.8 Å². The Kier molecular flexibility index (Phi) is 4.82. The van der Waals surface area contributed by atoms with Crippen LogP contribution in [0, 0.1) is 0 Å². The Morgan fingerprint density at radius 1 is 1.40 bits per heavy atom. The number of nitrogens with zero attached hydrogens (tertiary/aromatic N) is 2. The van der Waals surface area contributed by atoms with Gasteiger partial charge in [-0.15, -0.1) is 0 Å². The van der Waals surface area contributed by atoms with E-state index in [1.165, 1.54) is 0 Å². The van der Waals surface area contributed by atoms with Crippen LogP contribution in [0.2, 0.25) is 0 Å². The minimum Gasteiger partial charge on any atom is -0.343 e. The monoisotopic (exact) mass is 324 g/mol. The van der Waals surface area contributed by atoms with Gasteiger partial charge in [0.15, 0.2) is 0 Å². The summed E-state index contributed by atoms with van der Waals surface area (Å²) < 4.78 is 0.547. The number of carbonyl (C=O) groups is 2. The van der Waals surface area contributed by atoms with Crippen LogP contribution in [0.15, 0.2) is 0 Å². The maximum atomic E-state index is 11.4. The number of likely N-dealkylation sites (tertiary alicyclic amines) is 1. The summed E-state index contributed by atoms with van der Waals surface area (Å²) in [4.78, 5) is 26.2. The number of alkyl halides is 1. The van der Waals surface area contributed by atoms with Crippen molar-refractivity contribution >= 4 is 34.4 Å². The summed E-state index contributed by atoms with van der Waals surface area (Å²) in [5.74, 6) is 0.313. The molecule has 0 aliphatic carbocycles. The molecule has 0 spiro atoms. The van der Waals surface area contributed by atoms with E-state index in [1.807, 2.05) is 11.9 Å². The van der Waals surface area contributed by atoms with Crippen LogP contribution in [0.5, 0.6) is 0 Å².